The van der Waals surface area contributed by atoms with Gasteiger partial charge in [-0.25, -0.2) is 9.97 Å². The third kappa shape index (κ3) is 3.22. The van der Waals surface area contributed by atoms with Gasteiger partial charge in [0, 0.05) is 16.2 Å². The maximum atomic E-state index is 6.03. The van der Waals surface area contributed by atoms with Gasteiger partial charge < -0.3 is 5.73 Å². The van der Waals surface area contributed by atoms with Crippen molar-refractivity contribution in [2.24, 2.45) is 5.92 Å². The number of thiophene rings is 1. The molecular weight excluding hydrogens is 334 g/mol. The van der Waals surface area contributed by atoms with Gasteiger partial charge in [0.25, 0.3) is 0 Å². The molecule has 0 spiro atoms. The number of hydrogen-bond acceptors (Lipinski definition) is 4. The predicted molar refractivity (Wildman–Crippen MR) is 81.0 cm³/mol. The van der Waals surface area contributed by atoms with E-state index in [1.165, 1.54) is 11.3 Å². The summed E-state index contributed by atoms with van der Waals surface area (Å²) in [5.74, 6) is 1.67. The summed E-state index contributed by atoms with van der Waals surface area (Å²) >= 11 is 10.9. The van der Waals surface area contributed by atoms with Gasteiger partial charge >= 0.3 is 0 Å². The highest BCUT2D eigenvalue weighted by Gasteiger charge is 2.11. The van der Waals surface area contributed by atoms with E-state index in [0.717, 1.165) is 21.5 Å². The molecule has 3 nitrogen and oxygen atoms in total. The van der Waals surface area contributed by atoms with Crippen molar-refractivity contribution in [3.05, 3.63) is 26.6 Å². The van der Waals surface area contributed by atoms with Crippen molar-refractivity contribution in [1.82, 2.24) is 9.97 Å². The number of halogens is 2. The minimum atomic E-state index is 0.497. The number of rotatable bonds is 3. The van der Waals surface area contributed by atoms with Gasteiger partial charge in [-0.2, -0.15) is 0 Å². The van der Waals surface area contributed by atoms with E-state index < -0.39 is 0 Å². The molecule has 2 heterocycles. The first-order valence-electron chi connectivity index (χ1n) is 5.54. The number of aromatic nitrogens is 2. The molecule has 96 valence electrons. The second-order valence-electron chi connectivity index (χ2n) is 4.44. The highest BCUT2D eigenvalue weighted by molar-refractivity contribution is 9.10. The fourth-order valence-corrected chi connectivity index (χ4v) is 3.24. The molecule has 0 aliphatic carbocycles. The van der Waals surface area contributed by atoms with Crippen LogP contribution in [0.1, 0.15) is 19.5 Å². The summed E-state index contributed by atoms with van der Waals surface area (Å²) in [4.78, 5) is 9.72. The predicted octanol–water partition coefficient (Wildman–Crippen LogP) is 4.40. The standard InChI is InChI=1S/C12H13BrClN3S/c1-6(2)3-7-4-10(15)17-12(16-7)9-5-8(13)11(14)18-9/h4-6H,3H2,1-2H3,(H2,15,16,17). The molecule has 0 radical (unpaired) electrons. The van der Waals surface area contributed by atoms with Crippen LogP contribution in [0.2, 0.25) is 4.34 Å². The number of hydrogen-bond donors (Lipinski definition) is 1. The first-order valence-corrected chi connectivity index (χ1v) is 7.53. The van der Waals surface area contributed by atoms with Gasteiger partial charge in [0.2, 0.25) is 0 Å². The summed E-state index contributed by atoms with van der Waals surface area (Å²) in [5, 5.41) is 0. The molecular formula is C12H13BrClN3S. The highest BCUT2D eigenvalue weighted by atomic mass is 79.9. The van der Waals surface area contributed by atoms with Crippen LogP contribution < -0.4 is 5.73 Å². The van der Waals surface area contributed by atoms with Crippen molar-refractivity contribution in [3.63, 3.8) is 0 Å². The quantitative estimate of drug-likeness (QED) is 0.896. The van der Waals surface area contributed by atoms with Crippen LogP contribution in [-0.4, -0.2) is 9.97 Å². The molecule has 2 aromatic rings. The van der Waals surface area contributed by atoms with Crippen LogP contribution in [0.25, 0.3) is 10.7 Å². The lowest BCUT2D eigenvalue weighted by Crippen LogP contribution is -2.02. The van der Waals surface area contributed by atoms with Gasteiger partial charge in [0.05, 0.1) is 4.88 Å². The van der Waals surface area contributed by atoms with Crippen molar-refractivity contribution in [3.8, 4) is 10.7 Å². The van der Waals surface area contributed by atoms with Gasteiger partial charge in [0.15, 0.2) is 5.82 Å². The Hall–Kier alpha value is -0.650. The molecule has 0 saturated carbocycles. The zero-order chi connectivity index (χ0) is 13.3. The first-order chi connectivity index (χ1) is 8.45. The zero-order valence-corrected chi connectivity index (χ0v) is 13.2. The fourth-order valence-electron chi connectivity index (χ4n) is 1.61. The van der Waals surface area contributed by atoms with Gasteiger partial charge in [-0.15, -0.1) is 11.3 Å². The summed E-state index contributed by atoms with van der Waals surface area (Å²) < 4.78 is 1.56. The van der Waals surface area contributed by atoms with Gasteiger partial charge in [-0.3, -0.25) is 0 Å². The van der Waals surface area contributed by atoms with Crippen molar-refractivity contribution in [1.29, 1.82) is 0 Å². The Bertz CT molecular complexity index is 549. The molecule has 0 fully saturated rings. The number of nitrogen functional groups attached to an aromatic ring is 1. The van der Waals surface area contributed by atoms with Crippen molar-refractivity contribution >= 4 is 44.7 Å². The van der Waals surface area contributed by atoms with E-state index >= 15 is 0 Å². The van der Waals surface area contributed by atoms with Crippen LogP contribution in [-0.2, 0) is 6.42 Å². The average Bonchev–Trinajstić information content (AvgIpc) is 2.57. The number of nitrogens with two attached hydrogens (primary N) is 1. The van der Waals surface area contributed by atoms with E-state index in [-0.39, 0.29) is 0 Å². The Morgan fingerprint density at radius 3 is 2.67 bits per heavy atom. The van der Waals surface area contributed by atoms with E-state index in [1.54, 1.807) is 0 Å². The first kappa shape index (κ1) is 13.8. The topological polar surface area (TPSA) is 51.8 Å². The molecule has 2 rings (SSSR count). The minimum absolute atomic E-state index is 0.497. The molecule has 0 aliphatic rings. The molecule has 2 N–H and O–H groups in total. The molecule has 18 heavy (non-hydrogen) atoms. The van der Waals surface area contributed by atoms with Crippen molar-refractivity contribution in [2.75, 3.05) is 5.73 Å². The molecule has 0 atom stereocenters. The van der Waals surface area contributed by atoms with Crippen LogP contribution in [0, 0.1) is 5.92 Å². The molecule has 0 amide bonds. The van der Waals surface area contributed by atoms with Gasteiger partial charge in [-0.1, -0.05) is 25.4 Å². The summed E-state index contributed by atoms with van der Waals surface area (Å²) in [6.07, 6.45) is 0.889. The second kappa shape index (κ2) is 5.55. The Morgan fingerprint density at radius 1 is 1.39 bits per heavy atom. The van der Waals surface area contributed by atoms with E-state index in [1.807, 2.05) is 12.1 Å². The average molecular weight is 347 g/mol. The van der Waals surface area contributed by atoms with E-state index in [2.05, 4.69) is 39.7 Å². The maximum absolute atomic E-state index is 6.03. The zero-order valence-electron chi connectivity index (χ0n) is 10.1. The molecule has 0 bridgehead atoms. The molecule has 0 saturated heterocycles. The van der Waals surface area contributed by atoms with Crippen LogP contribution >= 0.6 is 38.9 Å². The maximum Gasteiger partial charge on any atom is 0.171 e. The monoisotopic (exact) mass is 345 g/mol. The molecule has 0 aliphatic heterocycles. The van der Waals surface area contributed by atoms with Crippen molar-refractivity contribution in [2.45, 2.75) is 20.3 Å². The van der Waals surface area contributed by atoms with Crippen LogP contribution in [0.4, 0.5) is 5.82 Å². The van der Waals surface area contributed by atoms with E-state index in [4.69, 9.17) is 17.3 Å². The Morgan fingerprint density at radius 2 is 2.11 bits per heavy atom. The van der Waals surface area contributed by atoms with Crippen LogP contribution in [0.15, 0.2) is 16.6 Å². The fraction of sp³-hybridized carbons (Fsp3) is 0.333. The second-order valence-corrected chi connectivity index (χ2v) is 6.95. The largest absolute Gasteiger partial charge is 0.384 e. The lowest BCUT2D eigenvalue weighted by molar-refractivity contribution is 0.635. The third-order valence-electron chi connectivity index (χ3n) is 2.28. The smallest absolute Gasteiger partial charge is 0.171 e. The Kier molecular flexibility index (Phi) is 4.25. The molecule has 0 unspecified atom stereocenters. The van der Waals surface area contributed by atoms with Crippen molar-refractivity contribution < 1.29 is 0 Å². The van der Waals surface area contributed by atoms with Gasteiger partial charge in [0.1, 0.15) is 10.2 Å². The Labute approximate surface area is 124 Å². The van der Waals surface area contributed by atoms with Gasteiger partial charge in [-0.05, 0) is 34.3 Å². The SMILES string of the molecule is CC(C)Cc1cc(N)nc(-c2cc(Br)c(Cl)s2)n1. The third-order valence-corrected chi connectivity index (χ3v) is 4.75. The molecule has 2 aromatic heterocycles. The summed E-state index contributed by atoms with van der Waals surface area (Å²) in [7, 11) is 0. The van der Waals surface area contributed by atoms with E-state index in [0.29, 0.717) is 21.9 Å². The Balaban J connectivity index is 2.41. The lowest BCUT2D eigenvalue weighted by atomic mass is 10.1. The van der Waals surface area contributed by atoms with Crippen LogP contribution in [0.5, 0.6) is 0 Å². The van der Waals surface area contributed by atoms with Crippen LogP contribution in [0.3, 0.4) is 0 Å². The highest BCUT2D eigenvalue weighted by Crippen LogP contribution is 2.36. The minimum Gasteiger partial charge on any atom is -0.384 e. The number of anilines is 1. The number of nitrogens with zero attached hydrogens (tertiary/aromatic N) is 2. The summed E-state index contributed by atoms with van der Waals surface area (Å²) in [6, 6.07) is 3.74. The van der Waals surface area contributed by atoms with E-state index in [9.17, 15) is 0 Å². The summed E-state index contributed by atoms with van der Waals surface area (Å²) in [5.41, 5.74) is 6.79. The molecule has 0 aromatic carbocycles. The lowest BCUT2D eigenvalue weighted by Gasteiger charge is -2.06. The summed E-state index contributed by atoms with van der Waals surface area (Å²) in [6.45, 7) is 4.30. The molecule has 6 heteroatoms. The normalized spacial score (nSPS) is 11.2.